The lowest BCUT2D eigenvalue weighted by Gasteiger charge is -2.17. The number of rotatable bonds is 6. The van der Waals surface area contributed by atoms with Crippen LogP contribution in [0, 0.1) is 5.92 Å². The largest absolute Gasteiger partial charge is 0.352 e. The zero-order valence-electron chi connectivity index (χ0n) is 14.6. The minimum Gasteiger partial charge on any atom is -0.352 e. The summed E-state index contributed by atoms with van der Waals surface area (Å²) < 4.78 is 0. The number of anilines is 1. The average Bonchev–Trinajstić information content (AvgIpc) is 3.02. The molecule has 2 aromatic carbocycles. The normalized spacial score (nSPS) is 16.8. The molecule has 0 aliphatic carbocycles. The molecule has 0 spiro atoms. The Bertz CT molecular complexity index is 795. The number of hydrogen-bond acceptors (Lipinski definition) is 3. The van der Waals surface area contributed by atoms with Crippen molar-refractivity contribution < 1.29 is 9.59 Å². The van der Waals surface area contributed by atoms with E-state index in [1.807, 2.05) is 36.4 Å². The molecule has 1 unspecified atom stereocenters. The summed E-state index contributed by atoms with van der Waals surface area (Å²) in [6.45, 7) is 3.15. The summed E-state index contributed by atoms with van der Waals surface area (Å²) in [5.74, 6) is 1.01. The highest BCUT2D eigenvalue weighted by Crippen LogP contribution is 2.26. The van der Waals surface area contributed by atoms with Crippen molar-refractivity contribution in [1.29, 1.82) is 0 Å². The Morgan fingerprint density at radius 2 is 1.96 bits per heavy atom. The van der Waals surface area contributed by atoms with Crippen LogP contribution in [0.5, 0.6) is 0 Å². The molecule has 1 saturated heterocycles. The van der Waals surface area contributed by atoms with Crippen LogP contribution in [0.4, 0.5) is 5.69 Å². The number of halogens is 1. The molecule has 136 valence electrons. The Morgan fingerprint density at radius 1 is 1.23 bits per heavy atom. The molecule has 3 rings (SSSR count). The predicted molar refractivity (Wildman–Crippen MR) is 107 cm³/mol. The van der Waals surface area contributed by atoms with Gasteiger partial charge in [0.1, 0.15) is 0 Å². The molecule has 1 heterocycles. The lowest BCUT2D eigenvalue weighted by Crippen LogP contribution is -2.31. The number of nitrogens with zero attached hydrogens (tertiary/aromatic N) is 1. The van der Waals surface area contributed by atoms with Gasteiger partial charge in [0, 0.05) is 41.0 Å². The van der Waals surface area contributed by atoms with Gasteiger partial charge in [-0.2, -0.15) is 0 Å². The summed E-state index contributed by atoms with van der Waals surface area (Å²) in [6.07, 6.45) is 0.439. The molecule has 0 saturated carbocycles. The zero-order chi connectivity index (χ0) is 18.5. The quantitative estimate of drug-likeness (QED) is 0.753. The minimum atomic E-state index is -0.0843. The summed E-state index contributed by atoms with van der Waals surface area (Å²) in [7, 11) is 0. The maximum Gasteiger partial charge on any atom is 0.252 e. The summed E-state index contributed by atoms with van der Waals surface area (Å²) in [5, 5.41) is 3.64. The van der Waals surface area contributed by atoms with Crippen LogP contribution in [0.3, 0.4) is 0 Å². The summed E-state index contributed by atoms with van der Waals surface area (Å²) >= 11 is 7.56. The van der Waals surface area contributed by atoms with Crippen LogP contribution < -0.4 is 10.2 Å². The van der Waals surface area contributed by atoms with Gasteiger partial charge in [-0.25, -0.2) is 0 Å². The first-order valence-corrected chi connectivity index (χ1v) is 10.0. The summed E-state index contributed by atoms with van der Waals surface area (Å²) in [5.41, 5.74) is 1.54. The number of hydrogen-bond donors (Lipinski definition) is 1. The fraction of sp³-hybridized carbons (Fsp3) is 0.300. The molecular formula is C20H21ClN2O2S. The Morgan fingerprint density at radius 3 is 2.69 bits per heavy atom. The molecule has 2 aromatic rings. The van der Waals surface area contributed by atoms with Gasteiger partial charge in [0.25, 0.3) is 5.91 Å². The van der Waals surface area contributed by atoms with E-state index < -0.39 is 0 Å². The fourth-order valence-electron chi connectivity index (χ4n) is 3.06. The number of thioether (sulfide) groups is 1. The monoisotopic (exact) mass is 388 g/mol. The zero-order valence-corrected chi connectivity index (χ0v) is 16.1. The Hall–Kier alpha value is -1.98. The molecule has 0 aromatic heterocycles. The number of nitrogens with one attached hydrogen (secondary N) is 1. The molecule has 1 fully saturated rings. The molecule has 0 bridgehead atoms. The molecule has 1 aliphatic heterocycles. The second kappa shape index (κ2) is 8.60. The number of amides is 2. The number of benzene rings is 2. The second-order valence-corrected chi connectivity index (χ2v) is 7.93. The maximum absolute atomic E-state index is 12.5. The van der Waals surface area contributed by atoms with E-state index >= 15 is 0 Å². The first kappa shape index (κ1) is 18.8. The summed E-state index contributed by atoms with van der Waals surface area (Å²) in [4.78, 5) is 27.6. The lowest BCUT2D eigenvalue weighted by molar-refractivity contribution is -0.117. The highest BCUT2D eigenvalue weighted by atomic mass is 35.5. The highest BCUT2D eigenvalue weighted by Gasteiger charge is 2.30. The van der Waals surface area contributed by atoms with Gasteiger partial charge in [0.2, 0.25) is 5.91 Å². The molecular weight excluding hydrogens is 368 g/mol. The van der Waals surface area contributed by atoms with Gasteiger partial charge in [-0.1, -0.05) is 30.7 Å². The van der Waals surface area contributed by atoms with Crippen molar-refractivity contribution in [2.24, 2.45) is 5.92 Å². The molecule has 26 heavy (non-hydrogen) atoms. The van der Waals surface area contributed by atoms with E-state index in [9.17, 15) is 9.59 Å². The van der Waals surface area contributed by atoms with Crippen molar-refractivity contribution in [2.75, 3.05) is 23.7 Å². The van der Waals surface area contributed by atoms with Crippen molar-refractivity contribution in [3.05, 3.63) is 59.1 Å². The van der Waals surface area contributed by atoms with Crippen LogP contribution in [0.2, 0.25) is 5.02 Å². The van der Waals surface area contributed by atoms with Gasteiger partial charge < -0.3 is 10.2 Å². The van der Waals surface area contributed by atoms with Gasteiger partial charge >= 0.3 is 0 Å². The van der Waals surface area contributed by atoms with E-state index in [0.717, 1.165) is 16.3 Å². The van der Waals surface area contributed by atoms with E-state index in [1.165, 1.54) is 0 Å². The predicted octanol–water partition coefficient (Wildman–Crippen LogP) is 4.23. The van der Waals surface area contributed by atoms with Crippen LogP contribution in [0.25, 0.3) is 0 Å². The van der Waals surface area contributed by atoms with Crippen LogP contribution >= 0.6 is 23.4 Å². The van der Waals surface area contributed by atoms with E-state index in [-0.39, 0.29) is 17.7 Å². The summed E-state index contributed by atoms with van der Waals surface area (Å²) in [6, 6.07) is 14.9. The SMILES string of the molecule is CCSc1ccccc1C(=O)NCC1CC(=O)N(c2ccc(Cl)cc2)C1. The standard InChI is InChI=1S/C20H21ClN2O2S/c1-2-26-18-6-4-3-5-17(18)20(25)22-12-14-11-19(24)23(13-14)16-9-7-15(21)8-10-16/h3-10,14H,2,11-13H2,1H3,(H,22,25). The van der Waals surface area contributed by atoms with Crippen molar-refractivity contribution >= 4 is 40.9 Å². The molecule has 0 radical (unpaired) electrons. The first-order chi connectivity index (χ1) is 12.6. The van der Waals surface area contributed by atoms with Gasteiger partial charge in [0.05, 0.1) is 5.56 Å². The van der Waals surface area contributed by atoms with Gasteiger partial charge in [-0.3, -0.25) is 9.59 Å². The van der Waals surface area contributed by atoms with Crippen LogP contribution in [0.15, 0.2) is 53.4 Å². The van der Waals surface area contributed by atoms with Crippen LogP contribution in [-0.4, -0.2) is 30.7 Å². The fourth-order valence-corrected chi connectivity index (χ4v) is 3.98. The Kier molecular flexibility index (Phi) is 6.22. The van der Waals surface area contributed by atoms with Crippen LogP contribution in [-0.2, 0) is 4.79 Å². The van der Waals surface area contributed by atoms with E-state index in [4.69, 9.17) is 11.6 Å². The van der Waals surface area contributed by atoms with Crippen molar-refractivity contribution in [3.63, 3.8) is 0 Å². The lowest BCUT2D eigenvalue weighted by atomic mass is 10.1. The minimum absolute atomic E-state index is 0.0773. The highest BCUT2D eigenvalue weighted by molar-refractivity contribution is 7.99. The third-order valence-corrected chi connectivity index (χ3v) is 5.53. The first-order valence-electron chi connectivity index (χ1n) is 8.64. The van der Waals surface area contributed by atoms with Gasteiger partial charge in [-0.05, 0) is 42.2 Å². The Labute approximate surface area is 162 Å². The Balaban J connectivity index is 1.60. The maximum atomic E-state index is 12.5. The van der Waals surface area contributed by atoms with E-state index in [1.54, 1.807) is 28.8 Å². The van der Waals surface area contributed by atoms with Crippen molar-refractivity contribution in [2.45, 2.75) is 18.2 Å². The second-order valence-electron chi connectivity index (χ2n) is 6.19. The molecule has 2 amide bonds. The molecule has 6 heteroatoms. The molecule has 1 aliphatic rings. The number of carbonyl (C=O) groups is 2. The van der Waals surface area contributed by atoms with Crippen molar-refractivity contribution in [1.82, 2.24) is 5.32 Å². The third-order valence-electron chi connectivity index (χ3n) is 4.33. The smallest absolute Gasteiger partial charge is 0.252 e. The van der Waals surface area contributed by atoms with Gasteiger partial charge in [-0.15, -0.1) is 11.8 Å². The number of carbonyl (C=O) groups excluding carboxylic acids is 2. The van der Waals surface area contributed by atoms with Gasteiger partial charge in [0.15, 0.2) is 0 Å². The average molecular weight is 389 g/mol. The molecule has 1 N–H and O–H groups in total. The van der Waals surface area contributed by atoms with E-state index in [0.29, 0.717) is 30.1 Å². The third kappa shape index (κ3) is 4.40. The molecule has 4 nitrogen and oxygen atoms in total. The van der Waals surface area contributed by atoms with E-state index in [2.05, 4.69) is 12.2 Å². The molecule has 1 atom stereocenters. The van der Waals surface area contributed by atoms with Crippen LogP contribution in [0.1, 0.15) is 23.7 Å². The van der Waals surface area contributed by atoms with Crippen molar-refractivity contribution in [3.8, 4) is 0 Å². The topological polar surface area (TPSA) is 49.4 Å².